The maximum absolute atomic E-state index is 10.6. The highest BCUT2D eigenvalue weighted by molar-refractivity contribution is 6.09. The summed E-state index contributed by atoms with van der Waals surface area (Å²) in [5.41, 5.74) is 7.94. The molecule has 1 rings (SSSR count). The fraction of sp³-hybridized carbons (Fsp3) is 0.125. The van der Waals surface area contributed by atoms with Gasteiger partial charge in [0.2, 0.25) is 0 Å². The van der Waals surface area contributed by atoms with Crippen molar-refractivity contribution in [2.75, 3.05) is 0 Å². The first kappa shape index (κ1) is 9.88. The van der Waals surface area contributed by atoms with Gasteiger partial charge in [-0.15, -0.1) is 0 Å². The molecule has 0 radical (unpaired) electrons. The van der Waals surface area contributed by atoms with Crippen molar-refractivity contribution in [3.63, 3.8) is 0 Å². The van der Waals surface area contributed by atoms with Crippen LogP contribution >= 0.6 is 0 Å². The molecule has 72 valence electrons. The molecule has 0 aromatic rings. The summed E-state index contributed by atoms with van der Waals surface area (Å²) in [7, 11) is 0. The van der Waals surface area contributed by atoms with E-state index < -0.39 is 11.9 Å². The highest BCUT2D eigenvalue weighted by Crippen LogP contribution is 2.17. The van der Waals surface area contributed by atoms with Crippen molar-refractivity contribution in [2.45, 2.75) is 6.42 Å². The summed E-state index contributed by atoms with van der Waals surface area (Å²) in [5, 5.41) is 17.3. The number of nitrogens with zero attached hydrogens (tertiary/aromatic N) is 2. The van der Waals surface area contributed by atoms with Gasteiger partial charge in [-0.2, -0.15) is 4.79 Å². The fourth-order valence-electron chi connectivity index (χ4n) is 1.08. The highest BCUT2D eigenvalue weighted by Gasteiger charge is 2.25. The quantitative estimate of drug-likeness (QED) is 0.479. The second kappa shape index (κ2) is 3.68. The predicted octanol–water partition coefficient (Wildman–Crippen LogP) is 0.0829. The maximum Gasteiger partial charge on any atom is 0.336 e. The van der Waals surface area contributed by atoms with Crippen LogP contribution in [0.1, 0.15) is 6.42 Å². The van der Waals surface area contributed by atoms with E-state index in [9.17, 15) is 9.59 Å². The van der Waals surface area contributed by atoms with Crippen LogP contribution in [-0.4, -0.2) is 32.7 Å². The van der Waals surface area contributed by atoms with Gasteiger partial charge in [0.1, 0.15) is 0 Å². The average molecular weight is 194 g/mol. The van der Waals surface area contributed by atoms with Gasteiger partial charge < -0.3 is 15.7 Å². The highest BCUT2D eigenvalue weighted by atomic mass is 16.4. The van der Waals surface area contributed by atoms with Gasteiger partial charge in [-0.3, -0.25) is 0 Å². The van der Waals surface area contributed by atoms with E-state index in [0.717, 1.165) is 6.08 Å². The van der Waals surface area contributed by atoms with E-state index in [1.807, 2.05) is 0 Å². The van der Waals surface area contributed by atoms with E-state index in [1.54, 1.807) is 0 Å². The first-order chi connectivity index (χ1) is 6.56. The molecule has 0 aromatic carbocycles. The predicted molar refractivity (Wildman–Crippen MR) is 44.7 cm³/mol. The molecule has 0 heterocycles. The maximum atomic E-state index is 10.6. The minimum absolute atomic E-state index is 0.118. The second-order valence-electron chi connectivity index (χ2n) is 2.60. The monoisotopic (exact) mass is 194 g/mol. The van der Waals surface area contributed by atoms with Crippen molar-refractivity contribution >= 4 is 17.7 Å². The molecule has 0 aliphatic heterocycles. The van der Waals surface area contributed by atoms with Crippen LogP contribution in [0, 0.1) is 0 Å². The average Bonchev–Trinajstić information content (AvgIpc) is 2.16. The number of carboxylic acid groups (broad SMARTS) is 2. The number of carbonyl (C=O) groups is 2. The number of hydrogen-bond donors (Lipinski definition) is 2. The molecular weight excluding hydrogens is 188 g/mol. The molecule has 0 bridgehead atoms. The van der Waals surface area contributed by atoms with Crippen LogP contribution in [0.5, 0.6) is 0 Å². The Bertz CT molecular complexity index is 413. The molecule has 0 atom stereocenters. The third kappa shape index (κ3) is 1.75. The van der Waals surface area contributed by atoms with Gasteiger partial charge in [-0.05, 0) is 6.08 Å². The molecule has 0 fully saturated rings. The summed E-state index contributed by atoms with van der Waals surface area (Å²) < 4.78 is 0. The minimum Gasteiger partial charge on any atom is -0.478 e. The molecule has 14 heavy (non-hydrogen) atoms. The van der Waals surface area contributed by atoms with E-state index in [0.29, 0.717) is 0 Å². The lowest BCUT2D eigenvalue weighted by atomic mass is 9.96. The molecular formula is C8H6N2O4. The van der Waals surface area contributed by atoms with Crippen molar-refractivity contribution in [1.82, 2.24) is 0 Å². The Morgan fingerprint density at radius 1 is 1.29 bits per heavy atom. The molecule has 0 amide bonds. The zero-order valence-electron chi connectivity index (χ0n) is 6.97. The fourth-order valence-corrected chi connectivity index (χ4v) is 1.08. The van der Waals surface area contributed by atoms with Gasteiger partial charge in [0.05, 0.1) is 17.6 Å². The first-order valence-electron chi connectivity index (χ1n) is 3.65. The Kier molecular flexibility index (Phi) is 2.59. The lowest BCUT2D eigenvalue weighted by Gasteiger charge is -2.05. The van der Waals surface area contributed by atoms with Crippen molar-refractivity contribution in [3.8, 4) is 0 Å². The van der Waals surface area contributed by atoms with Crippen LogP contribution < -0.4 is 0 Å². The molecule has 2 N–H and O–H groups in total. The summed E-state index contributed by atoms with van der Waals surface area (Å²) >= 11 is 0. The standard InChI is InChI=1S/C8H6N2O4/c9-10-4-1-2-5(7(11)12)6(3-4)8(13)14/h1-2H,3H2,(H,11,12)(H,13,14). The van der Waals surface area contributed by atoms with Gasteiger partial charge >= 0.3 is 11.9 Å². The third-order valence-corrected chi connectivity index (χ3v) is 1.74. The van der Waals surface area contributed by atoms with Crippen LogP contribution in [0.15, 0.2) is 23.3 Å². The van der Waals surface area contributed by atoms with Crippen molar-refractivity contribution in [3.05, 3.63) is 28.8 Å². The zero-order chi connectivity index (χ0) is 10.7. The summed E-state index contributed by atoms with van der Waals surface area (Å²) in [6.07, 6.45) is 2.17. The molecule has 6 nitrogen and oxygen atoms in total. The first-order valence-corrected chi connectivity index (χ1v) is 3.65. The Morgan fingerprint density at radius 3 is 2.36 bits per heavy atom. The number of carboxylic acids is 2. The van der Waals surface area contributed by atoms with E-state index in [4.69, 9.17) is 15.7 Å². The molecule has 0 saturated heterocycles. The van der Waals surface area contributed by atoms with Crippen molar-refractivity contribution in [2.24, 2.45) is 0 Å². The molecule has 0 saturated carbocycles. The van der Waals surface area contributed by atoms with Gasteiger partial charge in [0.15, 0.2) is 0 Å². The Morgan fingerprint density at radius 2 is 1.93 bits per heavy atom. The minimum atomic E-state index is -1.33. The Hall–Kier alpha value is -2.20. The summed E-state index contributed by atoms with van der Waals surface area (Å²) in [4.78, 5) is 24.0. The topological polar surface area (TPSA) is 111 Å². The van der Waals surface area contributed by atoms with Crippen LogP contribution in [0.25, 0.3) is 5.53 Å². The summed E-state index contributed by atoms with van der Waals surface area (Å²) in [5.74, 6) is -2.64. The molecule has 0 aromatic heterocycles. The summed E-state index contributed by atoms with van der Waals surface area (Å²) in [6.45, 7) is 0. The van der Waals surface area contributed by atoms with E-state index in [2.05, 4.69) is 4.79 Å². The molecule has 1 aliphatic rings. The number of aliphatic carboxylic acids is 2. The zero-order valence-corrected chi connectivity index (χ0v) is 6.97. The summed E-state index contributed by atoms with van der Waals surface area (Å²) in [6, 6.07) is 0. The lowest BCUT2D eigenvalue weighted by Crippen LogP contribution is -2.16. The van der Waals surface area contributed by atoms with Gasteiger partial charge in [-0.1, -0.05) is 0 Å². The number of allylic oxidation sites excluding steroid dienone is 1. The Balaban J connectivity index is 3.22. The van der Waals surface area contributed by atoms with Crippen molar-refractivity contribution in [1.29, 1.82) is 0 Å². The molecule has 1 aliphatic carbocycles. The van der Waals surface area contributed by atoms with Gasteiger partial charge in [-0.25, -0.2) is 9.59 Å². The van der Waals surface area contributed by atoms with E-state index >= 15 is 0 Å². The van der Waals surface area contributed by atoms with Crippen LogP contribution in [0.4, 0.5) is 0 Å². The molecule has 6 heteroatoms. The van der Waals surface area contributed by atoms with Gasteiger partial charge in [0, 0.05) is 6.08 Å². The smallest absolute Gasteiger partial charge is 0.336 e. The number of rotatable bonds is 2. The van der Waals surface area contributed by atoms with Crippen molar-refractivity contribution < 1.29 is 24.6 Å². The second-order valence-corrected chi connectivity index (χ2v) is 2.60. The van der Waals surface area contributed by atoms with Gasteiger partial charge in [0.25, 0.3) is 5.71 Å². The molecule has 0 unspecified atom stereocenters. The largest absolute Gasteiger partial charge is 0.478 e. The third-order valence-electron chi connectivity index (χ3n) is 1.74. The van der Waals surface area contributed by atoms with E-state index in [1.165, 1.54) is 6.08 Å². The SMILES string of the molecule is [N-]=[N+]=C1C=CC(C(=O)O)=C(C(=O)O)C1. The van der Waals surface area contributed by atoms with Crippen LogP contribution in [0.2, 0.25) is 0 Å². The number of hydrogen-bond acceptors (Lipinski definition) is 2. The Labute approximate surface area is 78.4 Å². The van der Waals surface area contributed by atoms with E-state index in [-0.39, 0.29) is 23.3 Å². The van der Waals surface area contributed by atoms with Crippen LogP contribution in [-0.2, 0) is 9.59 Å². The molecule has 0 spiro atoms. The lowest BCUT2D eigenvalue weighted by molar-refractivity contribution is -0.135. The normalized spacial score (nSPS) is 15.3. The van der Waals surface area contributed by atoms with Crippen LogP contribution in [0.3, 0.4) is 0 Å².